The lowest BCUT2D eigenvalue weighted by atomic mass is 10.1. The van der Waals surface area contributed by atoms with Crippen molar-refractivity contribution in [1.82, 2.24) is 9.71 Å². The molecule has 31 heavy (non-hydrogen) atoms. The molecule has 3 aromatic rings. The summed E-state index contributed by atoms with van der Waals surface area (Å²) in [7, 11) is -3.96. The van der Waals surface area contributed by atoms with Crippen LogP contribution in [0.15, 0.2) is 70.1 Å². The third-order valence-electron chi connectivity index (χ3n) is 4.32. The van der Waals surface area contributed by atoms with Gasteiger partial charge in [0.15, 0.2) is 0 Å². The summed E-state index contributed by atoms with van der Waals surface area (Å²) in [5, 5.41) is 7.98. The molecule has 3 heterocycles. The van der Waals surface area contributed by atoms with Crippen molar-refractivity contribution in [1.29, 1.82) is 0 Å². The fourth-order valence-electron chi connectivity index (χ4n) is 2.88. The number of sulfonamides is 1. The first-order valence-corrected chi connectivity index (χ1v) is 11.4. The molecule has 4 rings (SSSR count). The standard InChI is InChI=1S/C20H17N5O4S2/c1-13-7-10-19(30-13)31(28,29)24-20(27)22-17-9-8-15(12-21-17)25-18(26)11-16(23-25)14-5-3-2-4-6-14/h2-10,12H,11H2,1H3,(H2,21,22,24,27). The Morgan fingerprint density at radius 3 is 2.52 bits per heavy atom. The van der Waals surface area contributed by atoms with Crippen LogP contribution >= 0.6 is 11.3 Å². The predicted octanol–water partition coefficient (Wildman–Crippen LogP) is 3.10. The molecule has 0 saturated heterocycles. The number of hydrazone groups is 1. The maximum atomic E-state index is 12.4. The number of rotatable bonds is 5. The van der Waals surface area contributed by atoms with Crippen LogP contribution in [-0.2, 0) is 14.8 Å². The van der Waals surface area contributed by atoms with E-state index in [0.717, 1.165) is 21.8 Å². The van der Waals surface area contributed by atoms with Crippen molar-refractivity contribution in [3.05, 3.63) is 71.2 Å². The van der Waals surface area contributed by atoms with Crippen molar-refractivity contribution in [3.8, 4) is 0 Å². The zero-order chi connectivity index (χ0) is 22.0. The van der Waals surface area contributed by atoms with Gasteiger partial charge in [-0.15, -0.1) is 11.3 Å². The van der Waals surface area contributed by atoms with Crippen molar-refractivity contribution in [2.24, 2.45) is 5.10 Å². The number of thiophene rings is 1. The van der Waals surface area contributed by atoms with Crippen molar-refractivity contribution in [3.63, 3.8) is 0 Å². The molecule has 0 radical (unpaired) electrons. The second kappa shape index (κ2) is 8.28. The van der Waals surface area contributed by atoms with Gasteiger partial charge in [-0.25, -0.2) is 22.9 Å². The van der Waals surface area contributed by atoms with Gasteiger partial charge >= 0.3 is 6.03 Å². The van der Waals surface area contributed by atoms with E-state index in [1.165, 1.54) is 23.3 Å². The molecule has 1 aliphatic rings. The van der Waals surface area contributed by atoms with Crippen LogP contribution in [0.1, 0.15) is 16.9 Å². The topological polar surface area (TPSA) is 121 Å². The SMILES string of the molecule is Cc1ccc(S(=O)(=O)NC(=O)Nc2ccc(N3N=C(c4ccccc4)CC3=O)cn2)s1. The predicted molar refractivity (Wildman–Crippen MR) is 118 cm³/mol. The summed E-state index contributed by atoms with van der Waals surface area (Å²) in [5.41, 5.74) is 1.95. The van der Waals surface area contributed by atoms with E-state index in [1.807, 2.05) is 35.1 Å². The van der Waals surface area contributed by atoms with E-state index < -0.39 is 16.1 Å². The van der Waals surface area contributed by atoms with Crippen LogP contribution in [0.5, 0.6) is 0 Å². The quantitative estimate of drug-likeness (QED) is 0.612. The number of anilines is 2. The largest absolute Gasteiger partial charge is 0.334 e. The highest BCUT2D eigenvalue weighted by atomic mass is 32.2. The molecule has 2 N–H and O–H groups in total. The third-order valence-corrected chi connectivity index (χ3v) is 7.15. The number of nitrogens with zero attached hydrogens (tertiary/aromatic N) is 3. The number of carbonyl (C=O) groups is 2. The number of nitrogens with one attached hydrogen (secondary N) is 2. The molecular weight excluding hydrogens is 438 g/mol. The van der Waals surface area contributed by atoms with Crippen molar-refractivity contribution >= 4 is 50.5 Å². The van der Waals surface area contributed by atoms with E-state index in [4.69, 9.17) is 0 Å². The average molecular weight is 456 g/mol. The Bertz CT molecular complexity index is 1270. The van der Waals surface area contributed by atoms with Crippen molar-refractivity contribution in [2.45, 2.75) is 17.6 Å². The number of benzene rings is 1. The summed E-state index contributed by atoms with van der Waals surface area (Å²) >= 11 is 1.06. The van der Waals surface area contributed by atoms with Gasteiger partial charge in [0.25, 0.3) is 15.9 Å². The van der Waals surface area contributed by atoms with E-state index in [2.05, 4.69) is 15.4 Å². The molecule has 0 atom stereocenters. The maximum Gasteiger partial charge on any atom is 0.334 e. The molecule has 9 nitrogen and oxygen atoms in total. The fraction of sp³-hybridized carbons (Fsp3) is 0.100. The highest BCUT2D eigenvalue weighted by Gasteiger charge is 2.26. The minimum atomic E-state index is -3.96. The van der Waals surface area contributed by atoms with E-state index in [0.29, 0.717) is 11.4 Å². The zero-order valence-corrected chi connectivity index (χ0v) is 17.9. The van der Waals surface area contributed by atoms with Crippen LogP contribution < -0.4 is 15.0 Å². The molecule has 0 spiro atoms. The minimum absolute atomic E-state index is 0.0445. The summed E-state index contributed by atoms with van der Waals surface area (Å²) in [6, 6.07) is 14.6. The summed E-state index contributed by atoms with van der Waals surface area (Å²) in [4.78, 5) is 29.3. The number of amides is 3. The fourth-order valence-corrected chi connectivity index (χ4v) is 5.07. The Kier molecular flexibility index (Phi) is 5.53. The highest BCUT2D eigenvalue weighted by molar-refractivity contribution is 7.92. The Morgan fingerprint density at radius 2 is 1.87 bits per heavy atom. The molecule has 0 fully saturated rings. The van der Waals surface area contributed by atoms with Gasteiger partial charge in [-0.05, 0) is 36.8 Å². The smallest absolute Gasteiger partial charge is 0.292 e. The first kappa shape index (κ1) is 20.7. The van der Waals surface area contributed by atoms with Gasteiger partial charge in [-0.2, -0.15) is 10.1 Å². The van der Waals surface area contributed by atoms with Gasteiger partial charge in [0.1, 0.15) is 10.0 Å². The van der Waals surface area contributed by atoms with E-state index >= 15 is 0 Å². The van der Waals surface area contributed by atoms with Crippen LogP contribution in [0.2, 0.25) is 0 Å². The van der Waals surface area contributed by atoms with Crippen LogP contribution in [0, 0.1) is 6.92 Å². The second-order valence-corrected chi connectivity index (χ2v) is 9.82. The summed E-state index contributed by atoms with van der Waals surface area (Å²) in [6.07, 6.45) is 1.55. The van der Waals surface area contributed by atoms with E-state index in [1.54, 1.807) is 19.1 Å². The molecule has 0 bridgehead atoms. The number of hydrogen-bond donors (Lipinski definition) is 2. The first-order valence-electron chi connectivity index (χ1n) is 9.14. The number of carbonyl (C=O) groups excluding carboxylic acids is 2. The Morgan fingerprint density at radius 1 is 1.10 bits per heavy atom. The van der Waals surface area contributed by atoms with Crippen molar-refractivity contribution in [2.75, 3.05) is 10.3 Å². The lowest BCUT2D eigenvalue weighted by Gasteiger charge is -2.12. The third kappa shape index (κ3) is 4.62. The molecule has 2 aromatic heterocycles. The molecule has 0 saturated carbocycles. The lowest BCUT2D eigenvalue weighted by molar-refractivity contribution is -0.116. The molecule has 1 aromatic carbocycles. The highest BCUT2D eigenvalue weighted by Crippen LogP contribution is 2.23. The molecule has 158 valence electrons. The molecule has 3 amide bonds. The molecule has 0 unspecified atom stereocenters. The molecule has 11 heteroatoms. The van der Waals surface area contributed by atoms with E-state index in [-0.39, 0.29) is 22.4 Å². The number of aryl methyl sites for hydroxylation is 1. The zero-order valence-electron chi connectivity index (χ0n) is 16.3. The van der Waals surface area contributed by atoms with Gasteiger partial charge in [0.2, 0.25) is 0 Å². The monoisotopic (exact) mass is 455 g/mol. The summed E-state index contributed by atoms with van der Waals surface area (Å²) < 4.78 is 26.4. The Labute approximate surface area is 182 Å². The molecule has 1 aliphatic heterocycles. The van der Waals surface area contributed by atoms with Crippen molar-refractivity contribution < 1.29 is 18.0 Å². The number of aromatic nitrogens is 1. The Hall–Kier alpha value is -3.57. The summed E-state index contributed by atoms with van der Waals surface area (Å²) in [6.45, 7) is 1.77. The second-order valence-electron chi connectivity index (χ2n) is 6.62. The summed E-state index contributed by atoms with van der Waals surface area (Å²) in [5.74, 6) is -0.0749. The number of hydrogen-bond acceptors (Lipinski definition) is 7. The normalized spacial score (nSPS) is 13.8. The Balaban J connectivity index is 1.43. The molecular formula is C20H17N5O4S2. The van der Waals surface area contributed by atoms with Crippen LogP contribution in [-0.4, -0.2) is 31.1 Å². The van der Waals surface area contributed by atoms with Gasteiger partial charge in [0.05, 0.1) is 24.0 Å². The van der Waals surface area contributed by atoms with Crippen LogP contribution in [0.3, 0.4) is 0 Å². The lowest BCUT2D eigenvalue weighted by Crippen LogP contribution is -2.34. The van der Waals surface area contributed by atoms with Crippen LogP contribution in [0.25, 0.3) is 0 Å². The first-order chi connectivity index (χ1) is 14.8. The maximum absolute atomic E-state index is 12.4. The number of pyridine rings is 1. The minimum Gasteiger partial charge on any atom is -0.292 e. The molecule has 0 aliphatic carbocycles. The average Bonchev–Trinajstić information content (AvgIpc) is 3.35. The number of urea groups is 1. The van der Waals surface area contributed by atoms with Crippen LogP contribution in [0.4, 0.5) is 16.3 Å². The van der Waals surface area contributed by atoms with Gasteiger partial charge in [-0.3, -0.25) is 10.1 Å². The van der Waals surface area contributed by atoms with Gasteiger partial charge < -0.3 is 0 Å². The van der Waals surface area contributed by atoms with Gasteiger partial charge in [0, 0.05) is 4.88 Å². The van der Waals surface area contributed by atoms with E-state index in [9.17, 15) is 18.0 Å². The van der Waals surface area contributed by atoms with Gasteiger partial charge in [-0.1, -0.05) is 30.3 Å².